The molecule has 3 aromatic rings. The largest absolute Gasteiger partial charge is 0.491 e. The van der Waals surface area contributed by atoms with Crippen LogP contribution in [0.2, 0.25) is 0 Å². The molecular weight excluding hydrogens is 508 g/mol. The van der Waals surface area contributed by atoms with Crippen LogP contribution in [0.1, 0.15) is 54.3 Å². The molecule has 11 heteroatoms. The molecule has 0 bridgehead atoms. The number of esters is 1. The van der Waals surface area contributed by atoms with Gasteiger partial charge in [0.1, 0.15) is 17.8 Å². The number of methoxy groups -OCH3 is 1. The molecule has 10 nitrogen and oxygen atoms in total. The van der Waals surface area contributed by atoms with Gasteiger partial charge in [-0.15, -0.1) is 11.3 Å². The number of hydrogen-bond acceptors (Lipinski definition) is 8. The van der Waals surface area contributed by atoms with Gasteiger partial charge in [0.25, 0.3) is 5.91 Å². The van der Waals surface area contributed by atoms with Crippen LogP contribution in [0.3, 0.4) is 0 Å². The van der Waals surface area contributed by atoms with Crippen molar-refractivity contribution in [2.75, 3.05) is 12.4 Å². The fraction of sp³-hybridized carbons (Fsp3) is 0.296. The van der Waals surface area contributed by atoms with Gasteiger partial charge < -0.3 is 20.1 Å². The van der Waals surface area contributed by atoms with E-state index >= 15 is 0 Å². The number of anilines is 1. The Kier molecular flexibility index (Phi) is 8.06. The molecule has 4 rings (SSSR count). The van der Waals surface area contributed by atoms with Gasteiger partial charge in [0, 0.05) is 11.3 Å². The Hall–Kier alpha value is -4.25. The number of nitrogens with one attached hydrogen (secondary N) is 2. The number of nitrogens with zero attached hydrogens (tertiary/aromatic N) is 2. The molecule has 2 N–H and O–H groups in total. The molecule has 0 saturated carbocycles. The number of hydrogen-bond donors (Lipinski definition) is 2. The summed E-state index contributed by atoms with van der Waals surface area (Å²) < 4.78 is 10.3. The lowest BCUT2D eigenvalue weighted by Crippen LogP contribution is -2.50. The highest BCUT2D eigenvalue weighted by molar-refractivity contribution is 7.14. The second kappa shape index (κ2) is 11.4. The molecular formula is C27H28N4O6S. The number of benzene rings is 2. The predicted octanol–water partition coefficient (Wildman–Crippen LogP) is 4.12. The van der Waals surface area contributed by atoms with E-state index in [9.17, 15) is 19.2 Å². The lowest BCUT2D eigenvalue weighted by molar-refractivity contribution is -0.134. The summed E-state index contributed by atoms with van der Waals surface area (Å²) in [6, 6.07) is 13.2. The second-order valence-corrected chi connectivity index (χ2v) is 9.85. The topological polar surface area (TPSA) is 127 Å². The number of urea groups is 1. The molecule has 1 aliphatic heterocycles. The molecule has 38 heavy (non-hydrogen) atoms. The average Bonchev–Trinajstić information content (AvgIpc) is 3.49. The summed E-state index contributed by atoms with van der Waals surface area (Å²) in [5, 5.41) is 6.96. The van der Waals surface area contributed by atoms with Gasteiger partial charge in [-0.25, -0.2) is 19.5 Å². The molecule has 1 aromatic heterocycles. The van der Waals surface area contributed by atoms with Crippen LogP contribution < -0.4 is 15.4 Å². The summed E-state index contributed by atoms with van der Waals surface area (Å²) in [4.78, 5) is 57.2. The second-order valence-electron chi connectivity index (χ2n) is 8.99. The van der Waals surface area contributed by atoms with Crippen LogP contribution in [0.4, 0.5) is 9.93 Å². The van der Waals surface area contributed by atoms with Gasteiger partial charge in [0.05, 0.1) is 13.2 Å². The highest BCUT2D eigenvalue weighted by Gasteiger charge is 2.47. The first kappa shape index (κ1) is 26.8. The molecule has 4 amide bonds. The number of ether oxygens (including phenoxy) is 2. The highest BCUT2D eigenvalue weighted by atomic mass is 32.1. The summed E-state index contributed by atoms with van der Waals surface area (Å²) in [5.41, 5.74) is 1.37. The van der Waals surface area contributed by atoms with Gasteiger partial charge in [0.15, 0.2) is 10.8 Å². The van der Waals surface area contributed by atoms with E-state index in [0.717, 1.165) is 21.8 Å². The molecule has 198 valence electrons. The maximum atomic E-state index is 13.6. The monoisotopic (exact) mass is 536 g/mol. The van der Waals surface area contributed by atoms with E-state index in [0.29, 0.717) is 11.3 Å². The normalized spacial score (nSPS) is 16.7. The lowest BCUT2D eigenvalue weighted by atomic mass is 9.91. The number of thiazole rings is 1. The lowest BCUT2D eigenvalue weighted by Gasteiger charge is -2.29. The van der Waals surface area contributed by atoms with Crippen LogP contribution in [-0.4, -0.2) is 53.0 Å². The van der Waals surface area contributed by atoms with Crippen LogP contribution in [-0.2, 0) is 14.3 Å². The number of rotatable bonds is 9. The van der Waals surface area contributed by atoms with Crippen LogP contribution in [0.5, 0.6) is 5.75 Å². The van der Waals surface area contributed by atoms with E-state index < -0.39 is 41.8 Å². The fourth-order valence-electron chi connectivity index (χ4n) is 4.21. The van der Waals surface area contributed by atoms with Crippen LogP contribution in [0, 0.1) is 0 Å². The molecule has 0 aliphatic carbocycles. The number of amides is 4. The van der Waals surface area contributed by atoms with Crippen LogP contribution in [0.25, 0.3) is 0 Å². The van der Waals surface area contributed by atoms with Crippen molar-refractivity contribution in [3.8, 4) is 5.75 Å². The Bertz CT molecular complexity index is 1320. The van der Waals surface area contributed by atoms with Gasteiger partial charge in [-0.05, 0) is 37.1 Å². The third-order valence-electron chi connectivity index (χ3n) is 6.03. The van der Waals surface area contributed by atoms with Gasteiger partial charge >= 0.3 is 12.0 Å². The Morgan fingerprint density at radius 3 is 2.37 bits per heavy atom. The molecule has 1 aliphatic rings. The molecule has 2 aromatic carbocycles. The van der Waals surface area contributed by atoms with Crippen LogP contribution in [0.15, 0.2) is 60.0 Å². The Morgan fingerprint density at radius 2 is 1.74 bits per heavy atom. The van der Waals surface area contributed by atoms with E-state index in [1.165, 1.54) is 12.5 Å². The van der Waals surface area contributed by atoms with Crippen molar-refractivity contribution in [1.29, 1.82) is 0 Å². The van der Waals surface area contributed by atoms with Gasteiger partial charge in [-0.1, -0.05) is 49.4 Å². The minimum absolute atomic E-state index is 0.00978. The first-order valence-corrected chi connectivity index (χ1v) is 12.9. The smallest absolute Gasteiger partial charge is 0.357 e. The molecule has 1 saturated heterocycles. The summed E-state index contributed by atoms with van der Waals surface area (Å²) in [7, 11) is 1.23. The quantitative estimate of drug-likeness (QED) is 0.311. The van der Waals surface area contributed by atoms with E-state index in [2.05, 4.69) is 20.4 Å². The third kappa shape index (κ3) is 5.67. The van der Waals surface area contributed by atoms with Crippen molar-refractivity contribution >= 4 is 40.3 Å². The van der Waals surface area contributed by atoms with E-state index in [4.69, 9.17) is 4.74 Å². The van der Waals surface area contributed by atoms with Gasteiger partial charge in [0.2, 0.25) is 5.91 Å². The summed E-state index contributed by atoms with van der Waals surface area (Å²) in [6.45, 7) is 5.59. The zero-order valence-corrected chi connectivity index (χ0v) is 22.2. The Morgan fingerprint density at radius 1 is 1.05 bits per heavy atom. The maximum absolute atomic E-state index is 13.6. The maximum Gasteiger partial charge on any atom is 0.357 e. The zero-order valence-electron chi connectivity index (χ0n) is 21.3. The summed E-state index contributed by atoms with van der Waals surface area (Å²) in [5.74, 6) is -1.71. The van der Waals surface area contributed by atoms with Gasteiger partial charge in [-0.2, -0.15) is 0 Å². The van der Waals surface area contributed by atoms with E-state index in [1.807, 2.05) is 44.2 Å². The van der Waals surface area contributed by atoms with Crippen molar-refractivity contribution in [1.82, 2.24) is 15.2 Å². The highest BCUT2D eigenvalue weighted by Crippen LogP contribution is 2.32. The average molecular weight is 537 g/mol. The first-order valence-electron chi connectivity index (χ1n) is 12.0. The fourth-order valence-corrected chi connectivity index (χ4v) is 4.89. The Labute approximate surface area is 224 Å². The van der Waals surface area contributed by atoms with E-state index in [-0.39, 0.29) is 16.9 Å². The minimum Gasteiger partial charge on any atom is -0.491 e. The summed E-state index contributed by atoms with van der Waals surface area (Å²) >= 11 is 1.03. The first-order chi connectivity index (χ1) is 18.2. The predicted molar refractivity (Wildman–Crippen MR) is 141 cm³/mol. The standard InChI is InChI=1S/C27H28N4O6S/c1-15(2)37-19-12-10-18(11-13-19)21-24(33)31(27(35)29-21)22(16(3)17-8-6-5-7-9-17)23(32)30-26-28-20(14-38-26)25(34)36-4/h5-16,21-22H,1-4H3,(H,29,35)(H,28,30,32)/t16-,21+,22-/m0/s1. The van der Waals surface area contributed by atoms with Crippen molar-refractivity contribution in [2.24, 2.45) is 0 Å². The third-order valence-corrected chi connectivity index (χ3v) is 6.79. The molecule has 0 spiro atoms. The SMILES string of the molecule is COC(=O)c1csc(NC(=O)[C@H]([C@@H](C)c2ccccc2)N2C(=O)N[C@H](c3ccc(OC(C)C)cc3)C2=O)n1. The van der Waals surface area contributed by atoms with Crippen LogP contribution >= 0.6 is 11.3 Å². The number of imide groups is 1. The van der Waals surface area contributed by atoms with E-state index in [1.54, 1.807) is 31.2 Å². The van der Waals surface area contributed by atoms with Crippen molar-refractivity contribution in [3.05, 3.63) is 76.8 Å². The minimum atomic E-state index is -1.19. The molecule has 0 radical (unpaired) electrons. The Balaban J connectivity index is 1.63. The number of aromatic nitrogens is 1. The zero-order chi connectivity index (χ0) is 27.4. The number of carbonyl (C=O) groups is 4. The molecule has 3 atom stereocenters. The summed E-state index contributed by atoms with van der Waals surface area (Å²) in [6.07, 6.45) is -0.00978. The van der Waals surface area contributed by atoms with Crippen molar-refractivity contribution < 1.29 is 28.7 Å². The molecule has 0 unspecified atom stereocenters. The number of carbonyl (C=O) groups excluding carboxylic acids is 4. The molecule has 1 fully saturated rings. The van der Waals surface area contributed by atoms with Gasteiger partial charge in [-0.3, -0.25) is 9.59 Å². The van der Waals surface area contributed by atoms with Crippen molar-refractivity contribution in [3.63, 3.8) is 0 Å². The molecule has 2 heterocycles. The van der Waals surface area contributed by atoms with Crippen molar-refractivity contribution in [2.45, 2.75) is 44.9 Å².